The van der Waals surface area contributed by atoms with Crippen LogP contribution in [0.4, 0.5) is 0 Å². The van der Waals surface area contributed by atoms with Crippen molar-refractivity contribution in [2.75, 3.05) is 33.2 Å². The third-order valence-electron chi connectivity index (χ3n) is 2.18. The molecule has 0 aliphatic rings. The van der Waals surface area contributed by atoms with Crippen LogP contribution in [-0.4, -0.2) is 49.3 Å². The van der Waals surface area contributed by atoms with Gasteiger partial charge in [0.1, 0.15) is 0 Å². The normalized spacial score (nSPS) is 13.6. The molecule has 3 nitrogen and oxygen atoms in total. The summed E-state index contributed by atoms with van der Waals surface area (Å²) in [5, 5.41) is 12.5. The maximum absolute atomic E-state index is 9.55. The van der Waals surface area contributed by atoms with E-state index in [1.807, 2.05) is 7.05 Å². The fourth-order valence-electron chi connectivity index (χ4n) is 1.36. The Morgan fingerprint density at radius 1 is 1.38 bits per heavy atom. The number of likely N-dealkylation sites (N-methyl/N-ethyl adjacent to an activating group) is 2. The predicted molar refractivity (Wildman–Crippen MR) is 57.0 cm³/mol. The number of unbranched alkanes of at least 4 members (excludes halogenated alkanes) is 1. The Morgan fingerprint density at radius 2 is 2.08 bits per heavy atom. The van der Waals surface area contributed by atoms with E-state index in [9.17, 15) is 5.11 Å². The molecule has 0 saturated carbocycles. The minimum absolute atomic E-state index is 0.234. The Hall–Kier alpha value is -0.120. The Balaban J connectivity index is 3.56. The van der Waals surface area contributed by atoms with Crippen LogP contribution in [0, 0.1) is 0 Å². The van der Waals surface area contributed by atoms with Crippen molar-refractivity contribution in [1.82, 2.24) is 10.2 Å². The molecule has 0 aromatic rings. The van der Waals surface area contributed by atoms with Gasteiger partial charge in [-0.05, 0) is 26.6 Å². The lowest BCUT2D eigenvalue weighted by atomic mass is 10.2. The fourth-order valence-corrected chi connectivity index (χ4v) is 1.36. The van der Waals surface area contributed by atoms with Crippen LogP contribution in [0.2, 0.25) is 0 Å². The maximum atomic E-state index is 9.55. The van der Waals surface area contributed by atoms with Crippen molar-refractivity contribution in [3.05, 3.63) is 0 Å². The molecular weight excluding hydrogens is 164 g/mol. The Labute approximate surface area is 82.1 Å². The van der Waals surface area contributed by atoms with Crippen LogP contribution in [-0.2, 0) is 0 Å². The van der Waals surface area contributed by atoms with Crippen LogP contribution in [0.3, 0.4) is 0 Å². The molecule has 0 aromatic heterocycles. The van der Waals surface area contributed by atoms with Crippen LogP contribution in [0.1, 0.15) is 26.7 Å². The molecule has 0 spiro atoms. The van der Waals surface area contributed by atoms with Crippen LogP contribution in [0.25, 0.3) is 0 Å². The van der Waals surface area contributed by atoms with E-state index >= 15 is 0 Å². The summed E-state index contributed by atoms with van der Waals surface area (Å²) >= 11 is 0. The first kappa shape index (κ1) is 12.9. The van der Waals surface area contributed by atoms with Gasteiger partial charge in [-0.25, -0.2) is 0 Å². The van der Waals surface area contributed by atoms with Crippen LogP contribution in [0.5, 0.6) is 0 Å². The summed E-state index contributed by atoms with van der Waals surface area (Å²) in [5.74, 6) is 0. The van der Waals surface area contributed by atoms with Crippen molar-refractivity contribution in [2.24, 2.45) is 0 Å². The first-order valence-electron chi connectivity index (χ1n) is 5.29. The number of aliphatic hydroxyl groups is 1. The topological polar surface area (TPSA) is 35.5 Å². The molecule has 0 rings (SSSR count). The van der Waals surface area contributed by atoms with Crippen molar-refractivity contribution in [3.8, 4) is 0 Å². The van der Waals surface area contributed by atoms with E-state index < -0.39 is 0 Å². The molecule has 0 saturated heterocycles. The molecule has 1 unspecified atom stereocenters. The van der Waals surface area contributed by atoms with Crippen molar-refractivity contribution < 1.29 is 5.11 Å². The highest BCUT2D eigenvalue weighted by Gasteiger charge is 2.08. The molecular formula is C10H24N2O. The van der Waals surface area contributed by atoms with Gasteiger partial charge >= 0.3 is 0 Å². The first-order valence-corrected chi connectivity index (χ1v) is 5.29. The van der Waals surface area contributed by atoms with Crippen molar-refractivity contribution in [3.63, 3.8) is 0 Å². The molecule has 0 fully saturated rings. The number of hydrogen-bond acceptors (Lipinski definition) is 3. The molecule has 0 bridgehead atoms. The largest absolute Gasteiger partial charge is 0.390 e. The summed E-state index contributed by atoms with van der Waals surface area (Å²) in [6.07, 6.45) is 2.21. The molecule has 0 aliphatic heterocycles. The van der Waals surface area contributed by atoms with Crippen LogP contribution < -0.4 is 5.32 Å². The van der Waals surface area contributed by atoms with E-state index in [1.54, 1.807) is 0 Å². The summed E-state index contributed by atoms with van der Waals surface area (Å²) in [7, 11) is 1.87. The Morgan fingerprint density at radius 3 is 2.54 bits per heavy atom. The van der Waals surface area contributed by atoms with Crippen LogP contribution >= 0.6 is 0 Å². The molecule has 0 amide bonds. The SMILES string of the molecule is CCCCN(CC)CC(O)CNC. The van der Waals surface area contributed by atoms with E-state index in [2.05, 4.69) is 24.1 Å². The molecule has 3 heteroatoms. The number of hydrogen-bond donors (Lipinski definition) is 2. The second-order valence-electron chi connectivity index (χ2n) is 3.46. The highest BCUT2D eigenvalue weighted by molar-refractivity contribution is 4.64. The third kappa shape index (κ3) is 6.99. The zero-order valence-electron chi connectivity index (χ0n) is 9.21. The molecule has 80 valence electrons. The average Bonchev–Trinajstić information content (AvgIpc) is 2.12. The van der Waals surface area contributed by atoms with Gasteiger partial charge in [0.25, 0.3) is 0 Å². The van der Waals surface area contributed by atoms with Gasteiger partial charge < -0.3 is 15.3 Å². The molecule has 13 heavy (non-hydrogen) atoms. The van der Waals surface area contributed by atoms with Gasteiger partial charge in [-0.3, -0.25) is 0 Å². The highest BCUT2D eigenvalue weighted by atomic mass is 16.3. The van der Waals surface area contributed by atoms with Gasteiger partial charge in [0.05, 0.1) is 6.10 Å². The molecule has 1 atom stereocenters. The molecule has 0 radical (unpaired) electrons. The summed E-state index contributed by atoms with van der Waals surface area (Å²) in [6, 6.07) is 0. The lowest BCUT2D eigenvalue weighted by Gasteiger charge is -2.23. The Kier molecular flexibility index (Phi) is 8.40. The van der Waals surface area contributed by atoms with E-state index in [0.717, 1.165) is 19.6 Å². The lowest BCUT2D eigenvalue weighted by molar-refractivity contribution is 0.115. The zero-order valence-corrected chi connectivity index (χ0v) is 9.21. The van der Waals surface area contributed by atoms with Crippen molar-refractivity contribution >= 4 is 0 Å². The number of nitrogens with one attached hydrogen (secondary N) is 1. The van der Waals surface area contributed by atoms with E-state index in [1.165, 1.54) is 12.8 Å². The molecule has 0 heterocycles. The smallest absolute Gasteiger partial charge is 0.0791 e. The van der Waals surface area contributed by atoms with E-state index in [0.29, 0.717) is 6.54 Å². The van der Waals surface area contributed by atoms with Gasteiger partial charge in [-0.15, -0.1) is 0 Å². The average molecular weight is 188 g/mol. The quantitative estimate of drug-likeness (QED) is 0.588. The van der Waals surface area contributed by atoms with E-state index in [4.69, 9.17) is 0 Å². The monoisotopic (exact) mass is 188 g/mol. The minimum atomic E-state index is -0.234. The van der Waals surface area contributed by atoms with Crippen LogP contribution in [0.15, 0.2) is 0 Å². The summed E-state index contributed by atoms with van der Waals surface area (Å²) in [4.78, 5) is 2.30. The standard InChI is InChI=1S/C10H24N2O/c1-4-6-7-12(5-2)9-10(13)8-11-3/h10-11,13H,4-9H2,1-3H3. The molecule has 2 N–H and O–H groups in total. The number of nitrogens with zero attached hydrogens (tertiary/aromatic N) is 1. The fraction of sp³-hybridized carbons (Fsp3) is 1.00. The maximum Gasteiger partial charge on any atom is 0.0791 e. The Bertz CT molecular complexity index is 109. The summed E-state index contributed by atoms with van der Waals surface area (Å²) in [5.41, 5.74) is 0. The van der Waals surface area contributed by atoms with Crippen molar-refractivity contribution in [2.45, 2.75) is 32.8 Å². The molecule has 0 aromatic carbocycles. The van der Waals surface area contributed by atoms with Crippen molar-refractivity contribution in [1.29, 1.82) is 0 Å². The van der Waals surface area contributed by atoms with Gasteiger partial charge in [-0.1, -0.05) is 20.3 Å². The predicted octanol–water partition coefficient (Wildman–Crippen LogP) is 0.689. The van der Waals surface area contributed by atoms with Gasteiger partial charge in [0.15, 0.2) is 0 Å². The second kappa shape index (κ2) is 8.48. The highest BCUT2D eigenvalue weighted by Crippen LogP contribution is 1.96. The summed E-state index contributed by atoms with van der Waals surface area (Å²) < 4.78 is 0. The number of rotatable bonds is 8. The first-order chi connectivity index (χ1) is 6.24. The third-order valence-corrected chi connectivity index (χ3v) is 2.18. The number of aliphatic hydroxyl groups excluding tert-OH is 1. The summed E-state index contributed by atoms with van der Waals surface area (Å²) in [6.45, 7) is 7.94. The molecule has 0 aliphatic carbocycles. The lowest BCUT2D eigenvalue weighted by Crippen LogP contribution is -2.37. The van der Waals surface area contributed by atoms with Gasteiger partial charge in [0.2, 0.25) is 0 Å². The van der Waals surface area contributed by atoms with E-state index in [-0.39, 0.29) is 6.10 Å². The van der Waals surface area contributed by atoms with Gasteiger partial charge in [-0.2, -0.15) is 0 Å². The second-order valence-corrected chi connectivity index (χ2v) is 3.46. The van der Waals surface area contributed by atoms with Gasteiger partial charge in [0, 0.05) is 13.1 Å². The zero-order chi connectivity index (χ0) is 10.1. The minimum Gasteiger partial charge on any atom is -0.390 e.